The van der Waals surface area contributed by atoms with Crippen molar-refractivity contribution in [1.29, 1.82) is 0 Å². The lowest BCUT2D eigenvalue weighted by Gasteiger charge is -2.20. The Balaban J connectivity index is 2.36. The van der Waals surface area contributed by atoms with Gasteiger partial charge in [-0.05, 0) is 36.6 Å². The van der Waals surface area contributed by atoms with Gasteiger partial charge in [0.1, 0.15) is 0 Å². The third kappa shape index (κ3) is 2.95. The number of hydrogen-bond donors (Lipinski definition) is 0. The van der Waals surface area contributed by atoms with Crippen molar-refractivity contribution < 1.29 is 8.42 Å². The van der Waals surface area contributed by atoms with Crippen LogP contribution in [0.25, 0.3) is 0 Å². The summed E-state index contributed by atoms with van der Waals surface area (Å²) in [5, 5.41) is 4.23. The first-order chi connectivity index (χ1) is 9.87. The summed E-state index contributed by atoms with van der Waals surface area (Å²) in [6.45, 7) is 6.59. The van der Waals surface area contributed by atoms with E-state index in [1.165, 1.54) is 26.8 Å². The van der Waals surface area contributed by atoms with Crippen molar-refractivity contribution in [2.24, 2.45) is 0 Å². The van der Waals surface area contributed by atoms with E-state index in [9.17, 15) is 8.42 Å². The van der Waals surface area contributed by atoms with E-state index in [1.807, 2.05) is 31.2 Å². The number of rotatable bonds is 5. The molecule has 0 radical (unpaired) electrons. The van der Waals surface area contributed by atoms with Gasteiger partial charge < -0.3 is 0 Å². The zero-order valence-corrected chi connectivity index (χ0v) is 13.6. The highest BCUT2D eigenvalue weighted by molar-refractivity contribution is 7.92. The molecule has 5 nitrogen and oxygen atoms in total. The van der Waals surface area contributed by atoms with E-state index < -0.39 is 10.0 Å². The Morgan fingerprint density at radius 2 is 1.81 bits per heavy atom. The van der Waals surface area contributed by atoms with Crippen LogP contribution >= 0.6 is 0 Å². The Morgan fingerprint density at radius 1 is 1.19 bits per heavy atom. The summed E-state index contributed by atoms with van der Waals surface area (Å²) in [6, 6.07) is 9.11. The van der Waals surface area contributed by atoms with E-state index in [4.69, 9.17) is 0 Å². The molecule has 0 saturated carbocycles. The fraction of sp³-hybridized carbons (Fsp3) is 0.400. The van der Waals surface area contributed by atoms with Gasteiger partial charge in [0.25, 0.3) is 10.0 Å². The molecule has 1 heterocycles. The average Bonchev–Trinajstić information content (AvgIpc) is 2.95. The molecule has 0 aliphatic rings. The Hall–Kier alpha value is -1.82. The molecule has 0 amide bonds. The molecule has 0 atom stereocenters. The largest absolute Gasteiger partial charge is 0.281 e. The van der Waals surface area contributed by atoms with Crippen LogP contribution in [0.3, 0.4) is 0 Å². The van der Waals surface area contributed by atoms with Crippen molar-refractivity contribution in [1.82, 2.24) is 9.78 Å². The molecule has 2 rings (SSSR count). The van der Waals surface area contributed by atoms with Crippen LogP contribution in [0.4, 0.5) is 5.69 Å². The van der Waals surface area contributed by atoms with Crippen LogP contribution in [0.15, 0.2) is 41.6 Å². The minimum Gasteiger partial charge on any atom is -0.268 e. The zero-order valence-electron chi connectivity index (χ0n) is 12.8. The average molecular weight is 307 g/mol. The van der Waals surface area contributed by atoms with E-state index in [0.717, 1.165) is 0 Å². The van der Waals surface area contributed by atoms with Crippen molar-refractivity contribution in [2.45, 2.75) is 38.3 Å². The maximum Gasteiger partial charge on any atom is 0.281 e. The van der Waals surface area contributed by atoms with Gasteiger partial charge >= 0.3 is 0 Å². The number of aryl methyl sites for hydroxylation is 1. The summed E-state index contributed by atoms with van der Waals surface area (Å²) >= 11 is 0. The predicted molar refractivity (Wildman–Crippen MR) is 84.0 cm³/mol. The molecular formula is C15H21N3O2S. The Morgan fingerprint density at radius 3 is 2.33 bits per heavy atom. The molecule has 2 aromatic rings. The standard InChI is InChI=1S/C15H21N3O2S/c1-5-18-15(10-11-16-18)21(19,20)17(4)14-8-6-13(7-9-14)12(2)3/h6-12H,5H2,1-4H3. The molecular weight excluding hydrogens is 286 g/mol. The molecule has 0 spiro atoms. The zero-order chi connectivity index (χ0) is 15.6. The summed E-state index contributed by atoms with van der Waals surface area (Å²) in [4.78, 5) is 0. The lowest BCUT2D eigenvalue weighted by Crippen LogP contribution is -2.28. The van der Waals surface area contributed by atoms with Gasteiger partial charge in [0.15, 0.2) is 5.03 Å². The number of anilines is 1. The molecule has 0 aliphatic heterocycles. The van der Waals surface area contributed by atoms with E-state index in [0.29, 0.717) is 18.2 Å². The molecule has 1 aromatic carbocycles. The molecule has 0 aliphatic carbocycles. The van der Waals surface area contributed by atoms with Gasteiger partial charge in [-0.25, -0.2) is 0 Å². The fourth-order valence-electron chi connectivity index (χ4n) is 2.13. The van der Waals surface area contributed by atoms with E-state index in [2.05, 4.69) is 18.9 Å². The van der Waals surface area contributed by atoms with Gasteiger partial charge in [-0.3, -0.25) is 8.99 Å². The molecule has 114 valence electrons. The van der Waals surface area contributed by atoms with Crippen LogP contribution in [0.2, 0.25) is 0 Å². The van der Waals surface area contributed by atoms with Gasteiger partial charge in [0.05, 0.1) is 11.9 Å². The van der Waals surface area contributed by atoms with E-state index >= 15 is 0 Å². The molecule has 6 heteroatoms. The second kappa shape index (κ2) is 5.89. The molecule has 0 fully saturated rings. The molecule has 0 bridgehead atoms. The highest BCUT2D eigenvalue weighted by Crippen LogP contribution is 2.24. The van der Waals surface area contributed by atoms with Gasteiger partial charge in [0, 0.05) is 13.6 Å². The van der Waals surface area contributed by atoms with Gasteiger partial charge in [-0.2, -0.15) is 13.5 Å². The third-order valence-electron chi connectivity index (χ3n) is 3.53. The van der Waals surface area contributed by atoms with E-state index in [-0.39, 0.29) is 5.03 Å². The van der Waals surface area contributed by atoms with Crippen LogP contribution < -0.4 is 4.31 Å². The van der Waals surface area contributed by atoms with E-state index in [1.54, 1.807) is 7.05 Å². The number of benzene rings is 1. The molecule has 0 N–H and O–H groups in total. The number of nitrogens with zero attached hydrogens (tertiary/aromatic N) is 3. The van der Waals surface area contributed by atoms with Crippen molar-refractivity contribution in [3.05, 3.63) is 42.1 Å². The van der Waals surface area contributed by atoms with Crippen LogP contribution in [0.5, 0.6) is 0 Å². The predicted octanol–water partition coefficient (Wildman–Crippen LogP) is 2.85. The lowest BCUT2D eigenvalue weighted by molar-refractivity contribution is 0.553. The Labute approximate surface area is 126 Å². The molecule has 0 unspecified atom stereocenters. The smallest absolute Gasteiger partial charge is 0.268 e. The second-order valence-corrected chi connectivity index (χ2v) is 7.12. The summed E-state index contributed by atoms with van der Waals surface area (Å²) < 4.78 is 28.1. The molecule has 1 aromatic heterocycles. The van der Waals surface area contributed by atoms with Gasteiger partial charge in [-0.15, -0.1) is 0 Å². The van der Waals surface area contributed by atoms with Crippen molar-refractivity contribution in [2.75, 3.05) is 11.4 Å². The quantitative estimate of drug-likeness (QED) is 0.853. The first-order valence-corrected chi connectivity index (χ1v) is 8.42. The van der Waals surface area contributed by atoms with Crippen molar-refractivity contribution in [3.63, 3.8) is 0 Å². The van der Waals surface area contributed by atoms with Crippen LogP contribution in [0.1, 0.15) is 32.3 Å². The maximum absolute atomic E-state index is 12.7. The number of hydrogen-bond acceptors (Lipinski definition) is 3. The van der Waals surface area contributed by atoms with Crippen LogP contribution in [0, 0.1) is 0 Å². The van der Waals surface area contributed by atoms with Crippen molar-refractivity contribution >= 4 is 15.7 Å². The third-order valence-corrected chi connectivity index (χ3v) is 5.33. The minimum absolute atomic E-state index is 0.209. The summed E-state index contributed by atoms with van der Waals surface area (Å²) in [5.41, 5.74) is 1.83. The first-order valence-electron chi connectivity index (χ1n) is 6.98. The highest BCUT2D eigenvalue weighted by Gasteiger charge is 2.24. The summed E-state index contributed by atoms with van der Waals surface area (Å²) in [7, 11) is -2.03. The normalized spacial score (nSPS) is 11.9. The lowest BCUT2D eigenvalue weighted by atomic mass is 10.0. The molecule has 21 heavy (non-hydrogen) atoms. The minimum atomic E-state index is -3.59. The fourth-order valence-corrected chi connectivity index (χ4v) is 3.48. The Kier molecular flexibility index (Phi) is 4.37. The maximum atomic E-state index is 12.7. The SMILES string of the molecule is CCn1nccc1S(=O)(=O)N(C)c1ccc(C(C)C)cc1. The number of sulfonamides is 1. The highest BCUT2D eigenvalue weighted by atomic mass is 32.2. The van der Waals surface area contributed by atoms with Crippen LogP contribution in [-0.2, 0) is 16.6 Å². The molecule has 0 saturated heterocycles. The Bertz CT molecular complexity index is 703. The van der Waals surface area contributed by atoms with Crippen molar-refractivity contribution in [3.8, 4) is 0 Å². The number of aromatic nitrogens is 2. The topological polar surface area (TPSA) is 55.2 Å². The van der Waals surface area contributed by atoms with Gasteiger partial charge in [-0.1, -0.05) is 26.0 Å². The second-order valence-electron chi connectivity index (χ2n) is 5.20. The van der Waals surface area contributed by atoms with Crippen LogP contribution in [-0.4, -0.2) is 25.2 Å². The summed E-state index contributed by atoms with van der Waals surface area (Å²) in [6.07, 6.45) is 1.51. The summed E-state index contributed by atoms with van der Waals surface area (Å²) in [5.74, 6) is 0.419. The monoisotopic (exact) mass is 307 g/mol. The first kappa shape index (κ1) is 15.6. The van der Waals surface area contributed by atoms with Gasteiger partial charge in [0.2, 0.25) is 0 Å².